The SMILES string of the molecule is CC(C)C1(C)CN(c2ccc(S(=O)(=O)c3ccccc3)cc2)C1.CC(C)C1(C)CN(c2ccc(S(=O)(=O)c3ccccc3)cc2)C1.CC(C)C1CCN(c2ccc(S(=O)(=O)c3ccccc3)cc2)CC1.CC(C)C1CN(c2ccc(S(=O)(=O)C3CC3)cc2)C1.CC(C)C1CN(c2ccc(S(=O)(=O)c3ccccc3)cc2)C1.CC(C)C1CN(c2ccc(S(=O)(=O)c3cnn(C)c3)cc2)C1. The maximum absolute atomic E-state index is 12.6. The van der Waals surface area contributed by atoms with Crippen LogP contribution in [0.2, 0.25) is 0 Å². The summed E-state index contributed by atoms with van der Waals surface area (Å²) in [6.45, 7) is 44.3. The topological polar surface area (TPSA) is 242 Å². The average molecular weight is 1920 g/mol. The largest absolute Gasteiger partial charge is 0.372 e. The van der Waals surface area contributed by atoms with E-state index in [4.69, 9.17) is 0 Å². The van der Waals surface area contributed by atoms with Gasteiger partial charge in [0, 0.05) is 137 Å². The molecule has 0 atom stereocenters. The van der Waals surface area contributed by atoms with Gasteiger partial charge in [0.05, 0.1) is 60.4 Å². The van der Waals surface area contributed by atoms with Gasteiger partial charge in [0.15, 0.2) is 9.84 Å². The predicted octanol–water partition coefficient (Wildman–Crippen LogP) is 21.1. The van der Waals surface area contributed by atoms with E-state index in [2.05, 4.69) is 131 Å². The molecule has 0 spiro atoms. The van der Waals surface area contributed by atoms with Crippen molar-refractivity contribution in [2.75, 3.05) is 108 Å². The Kier molecular flexibility index (Phi) is 31.7. The second-order valence-corrected chi connectivity index (χ2v) is 51.4. The van der Waals surface area contributed by atoms with E-state index >= 15 is 0 Å². The molecule has 6 saturated heterocycles. The molecule has 0 unspecified atom stereocenters. The second kappa shape index (κ2) is 42.0. The molecule has 26 heteroatoms. The third-order valence-corrected chi connectivity index (χ3v) is 39.4. The van der Waals surface area contributed by atoms with Crippen LogP contribution in [-0.4, -0.2) is 144 Å². The molecule has 10 aromatic carbocycles. The van der Waals surface area contributed by atoms with E-state index in [9.17, 15) is 50.5 Å². The van der Waals surface area contributed by atoms with Crippen LogP contribution in [0.4, 0.5) is 34.1 Å². The number of rotatable bonds is 24. The molecule has 7 aliphatic rings. The van der Waals surface area contributed by atoms with Crippen molar-refractivity contribution in [1.82, 2.24) is 9.78 Å². The van der Waals surface area contributed by atoms with E-state index in [0.717, 1.165) is 161 Å². The van der Waals surface area contributed by atoms with Gasteiger partial charge in [-0.2, -0.15) is 5.10 Å². The van der Waals surface area contributed by atoms with Crippen molar-refractivity contribution in [2.45, 2.75) is 182 Å². The molecular formula is C107H134N8O12S6. The molecule has 1 aromatic heterocycles. The Morgan fingerprint density at radius 3 is 0.699 bits per heavy atom. The molecule has 0 N–H and O–H groups in total. The van der Waals surface area contributed by atoms with Crippen molar-refractivity contribution in [2.24, 2.45) is 77.1 Å². The standard InChI is InChI=1S/C20H25NO2S.2C19H23NO2S.C18H21NO2S.C16H21N3O2S.C15H21NO2S/c1-16(2)17-12-14-21(15-13-17)18-8-10-20(11-9-18)24(22,23)19-6-4-3-5-7-19;2*1-15(2)19(3)13-20(14-19)16-9-11-18(12-10-16)23(21,22)17-7-5-4-6-8-17;1-14(2)15-12-19(13-15)16-8-10-18(11-9-16)22(20,21)17-6-4-3-5-7-17;1-12(2)13-9-19(10-13)14-4-6-15(7-5-14)22(20,21)16-8-17-18(3)11-16;1-11(2)12-9-16(10-12)13-3-5-14(6-4-13)19(17,18)15-7-8-15/h3-11,16-17H,12-15H2,1-2H3;2*4-12,15H,13-14H2,1-3H3;3-11,14-15H,12-13H2,1-2H3;4-8,11-13H,9-10H2,1-3H3;3-6,11-12,15H,7-10H2,1-2H3. The quantitative estimate of drug-likeness (QED) is 0.0546. The normalized spacial score (nSPS) is 17.2. The summed E-state index contributed by atoms with van der Waals surface area (Å²) in [5.74, 6) is 7.22. The molecule has 0 radical (unpaired) electrons. The number of piperidine rings is 1. The van der Waals surface area contributed by atoms with Gasteiger partial charge in [-0.05, 0) is 279 Å². The summed E-state index contributed by atoms with van der Waals surface area (Å²) in [4.78, 5) is 17.6. The maximum Gasteiger partial charge on any atom is 0.209 e. The molecule has 18 rings (SSSR count). The minimum absolute atomic E-state index is 0.118. The van der Waals surface area contributed by atoms with E-state index in [1.165, 1.54) is 29.9 Å². The van der Waals surface area contributed by atoms with Crippen molar-refractivity contribution < 1.29 is 50.5 Å². The van der Waals surface area contributed by atoms with E-state index in [1.807, 2.05) is 97.1 Å². The van der Waals surface area contributed by atoms with E-state index < -0.39 is 59.0 Å². The lowest BCUT2D eigenvalue weighted by Crippen LogP contribution is -2.57. The van der Waals surface area contributed by atoms with Gasteiger partial charge in [-0.15, -0.1) is 0 Å². The number of benzene rings is 10. The summed E-state index contributed by atoms with van der Waals surface area (Å²) in [7, 11) is -18.5. The first kappa shape index (κ1) is 100. The van der Waals surface area contributed by atoms with Crippen LogP contribution < -0.4 is 29.4 Å². The van der Waals surface area contributed by atoms with Gasteiger partial charge < -0.3 is 29.4 Å². The minimum atomic E-state index is -3.48. The number of aromatic nitrogens is 2. The molecular weight excluding hydrogens is 1780 g/mol. The first-order valence-corrected chi connectivity index (χ1v) is 55.7. The van der Waals surface area contributed by atoms with Gasteiger partial charge in [0.2, 0.25) is 49.2 Å². The van der Waals surface area contributed by atoms with Gasteiger partial charge in [-0.1, -0.05) is 170 Å². The summed E-state index contributed by atoms with van der Waals surface area (Å²) in [5.41, 5.74) is 7.34. The smallest absolute Gasteiger partial charge is 0.209 e. The van der Waals surface area contributed by atoms with E-state index in [-0.39, 0.29) is 10.1 Å². The van der Waals surface area contributed by atoms with E-state index in [1.54, 1.807) is 177 Å². The number of hydrogen-bond acceptors (Lipinski definition) is 19. The van der Waals surface area contributed by atoms with Gasteiger partial charge in [0.1, 0.15) is 4.90 Å². The van der Waals surface area contributed by atoms with E-state index in [0.29, 0.717) is 83.5 Å². The van der Waals surface area contributed by atoms with Crippen LogP contribution in [0.15, 0.2) is 333 Å². The molecule has 1 aliphatic carbocycles. The number of sulfone groups is 6. The van der Waals surface area contributed by atoms with Gasteiger partial charge in [0.25, 0.3) is 0 Å². The molecule has 20 nitrogen and oxygen atoms in total. The zero-order valence-corrected chi connectivity index (χ0v) is 84.5. The Hall–Kier alpha value is -10.1. The fourth-order valence-corrected chi connectivity index (χ4v) is 25.2. The highest BCUT2D eigenvalue weighted by molar-refractivity contribution is 7.93. The zero-order chi connectivity index (χ0) is 95.8. The van der Waals surface area contributed by atoms with Crippen LogP contribution in [-0.2, 0) is 66.1 Å². The lowest BCUT2D eigenvalue weighted by molar-refractivity contribution is 0.161. The first-order chi connectivity index (χ1) is 63.0. The molecule has 1 saturated carbocycles. The number of anilines is 6. The Morgan fingerprint density at radius 2 is 0.481 bits per heavy atom. The van der Waals surface area contributed by atoms with Gasteiger partial charge >= 0.3 is 0 Å². The minimum Gasteiger partial charge on any atom is -0.372 e. The molecule has 0 bridgehead atoms. The average Bonchev–Trinajstić information content (AvgIpc) is 1.74. The Labute approximate surface area is 793 Å². The van der Waals surface area contributed by atoms with Crippen molar-refractivity contribution in [3.63, 3.8) is 0 Å². The van der Waals surface area contributed by atoms with Crippen LogP contribution in [0.1, 0.15) is 123 Å². The number of aryl methyl sites for hydroxylation is 1. The van der Waals surface area contributed by atoms with Crippen LogP contribution in [0.3, 0.4) is 0 Å². The van der Waals surface area contributed by atoms with Crippen LogP contribution in [0.5, 0.6) is 0 Å². The molecule has 0 amide bonds. The zero-order valence-electron chi connectivity index (χ0n) is 79.6. The van der Waals surface area contributed by atoms with Crippen molar-refractivity contribution in [3.8, 4) is 0 Å². The summed E-state index contributed by atoms with van der Waals surface area (Å²) >= 11 is 0. The predicted molar refractivity (Wildman–Crippen MR) is 537 cm³/mol. The maximum atomic E-state index is 12.6. The van der Waals surface area contributed by atoms with Crippen LogP contribution >= 0.6 is 0 Å². The monoisotopic (exact) mass is 1910 g/mol. The molecule has 7 heterocycles. The first-order valence-electron chi connectivity index (χ1n) is 46.8. The summed E-state index contributed by atoms with van der Waals surface area (Å²) in [5, 5.41) is 3.81. The lowest BCUT2D eigenvalue weighted by Gasteiger charge is -2.52. The Morgan fingerprint density at radius 1 is 0.263 bits per heavy atom. The third-order valence-electron chi connectivity index (χ3n) is 28.3. The van der Waals surface area contributed by atoms with Crippen molar-refractivity contribution in [3.05, 3.63) is 279 Å². The van der Waals surface area contributed by atoms with Crippen molar-refractivity contribution >= 4 is 93.1 Å². The van der Waals surface area contributed by atoms with Gasteiger partial charge in [-0.3, -0.25) is 4.68 Å². The highest BCUT2D eigenvalue weighted by atomic mass is 32.2. The fourth-order valence-electron chi connectivity index (χ4n) is 17.2. The highest BCUT2D eigenvalue weighted by Gasteiger charge is 2.44. The summed E-state index contributed by atoms with van der Waals surface area (Å²) in [6, 6.07) is 77.9. The van der Waals surface area contributed by atoms with Crippen LogP contribution in [0.25, 0.3) is 0 Å². The Bertz CT molecular complexity index is 6240. The number of nitrogens with zero attached hydrogens (tertiary/aromatic N) is 8. The van der Waals surface area contributed by atoms with Crippen LogP contribution in [0, 0.1) is 70.0 Å². The third kappa shape index (κ3) is 23.7. The van der Waals surface area contributed by atoms with Crippen molar-refractivity contribution in [1.29, 1.82) is 0 Å². The van der Waals surface area contributed by atoms with Gasteiger partial charge in [-0.25, -0.2) is 50.5 Å². The summed E-state index contributed by atoms with van der Waals surface area (Å²) in [6.07, 6.45) is 6.97. The molecule has 133 heavy (non-hydrogen) atoms. The second-order valence-electron chi connectivity index (χ2n) is 39.5. The number of hydrogen-bond donors (Lipinski definition) is 0. The molecule has 11 aromatic rings. The Balaban J connectivity index is 0.000000136. The lowest BCUT2D eigenvalue weighted by atomic mass is 9.72. The molecule has 710 valence electrons. The molecule has 6 aliphatic heterocycles. The molecule has 7 fully saturated rings. The fraction of sp³-hybridized carbons (Fsp3) is 0.411. The highest BCUT2D eigenvalue weighted by Crippen LogP contribution is 2.44. The summed E-state index contributed by atoms with van der Waals surface area (Å²) < 4.78 is 151.